The molecule has 3 heterocycles. The monoisotopic (exact) mass is 475 g/mol. The van der Waals surface area contributed by atoms with E-state index in [9.17, 15) is 19.8 Å². The zero-order valence-corrected chi connectivity index (χ0v) is 19.7. The molecule has 1 saturated heterocycles. The lowest BCUT2D eigenvalue weighted by atomic mass is 9.47. The summed E-state index contributed by atoms with van der Waals surface area (Å²) in [6.07, 6.45) is 4.21. The van der Waals surface area contributed by atoms with E-state index in [1.54, 1.807) is 18.3 Å². The molecule has 1 amide bonds. The highest BCUT2D eigenvalue weighted by atomic mass is 16.5. The number of phenols is 1. The zero-order chi connectivity index (χ0) is 24.1. The summed E-state index contributed by atoms with van der Waals surface area (Å²) in [5.41, 5.74) is 0.467. The highest BCUT2D eigenvalue weighted by Gasteiger charge is 2.75. The van der Waals surface area contributed by atoms with Gasteiger partial charge in [0, 0.05) is 24.3 Å². The van der Waals surface area contributed by atoms with E-state index in [1.165, 1.54) is 12.8 Å². The minimum Gasteiger partial charge on any atom is -0.504 e. The Morgan fingerprint density at radius 2 is 2.14 bits per heavy atom. The average molecular weight is 476 g/mol. The van der Waals surface area contributed by atoms with Crippen LogP contribution < -0.4 is 10.1 Å². The minimum atomic E-state index is -1.33. The maximum atomic E-state index is 13.9. The molecule has 5 aliphatic rings. The third-order valence-corrected chi connectivity index (χ3v) is 9.11. The van der Waals surface area contributed by atoms with E-state index in [0.29, 0.717) is 30.3 Å². The first-order chi connectivity index (χ1) is 16.8. The predicted molar refractivity (Wildman–Crippen MR) is 126 cm³/mol. The number of piperidine rings is 1. The number of aryl methyl sites for hydroxylation is 1. The Hall–Kier alpha value is -2.97. The van der Waals surface area contributed by atoms with Gasteiger partial charge >= 0.3 is 0 Å². The smallest absolute Gasteiger partial charge is 0.236 e. The SMILES string of the molecule is Cc1ccnc(NC(=O)C2C[C@@]3(O)[C@H]4Cc5ccc(O)c6c5[C@@]3(CCN4CC3CC3)[C@@H](O6)C2=O)c1. The molecule has 1 spiro atoms. The first-order valence-electron chi connectivity index (χ1n) is 12.6. The number of ether oxygens (including phenoxy) is 1. The van der Waals surface area contributed by atoms with Crippen LogP contribution in [0.5, 0.6) is 11.5 Å². The van der Waals surface area contributed by atoms with Crippen LogP contribution in [0, 0.1) is 18.8 Å². The molecule has 35 heavy (non-hydrogen) atoms. The minimum absolute atomic E-state index is 0.0218. The van der Waals surface area contributed by atoms with E-state index in [4.69, 9.17) is 4.74 Å². The molecule has 2 aliphatic heterocycles. The first kappa shape index (κ1) is 21.3. The number of hydrogen-bond donors (Lipinski definition) is 3. The second kappa shape index (κ2) is 7.04. The van der Waals surface area contributed by atoms with Gasteiger partial charge in [-0.1, -0.05) is 6.07 Å². The van der Waals surface area contributed by atoms with Gasteiger partial charge in [-0.05, 0) is 80.8 Å². The number of aromatic hydroxyl groups is 1. The topological polar surface area (TPSA) is 112 Å². The molecule has 2 bridgehead atoms. The van der Waals surface area contributed by atoms with Crippen molar-refractivity contribution in [2.45, 2.75) is 62.2 Å². The molecule has 182 valence electrons. The number of rotatable bonds is 4. The Morgan fingerprint density at radius 1 is 1.31 bits per heavy atom. The van der Waals surface area contributed by atoms with E-state index < -0.39 is 28.9 Å². The fourth-order valence-electron chi connectivity index (χ4n) is 7.34. The van der Waals surface area contributed by atoms with Crippen LogP contribution in [0.4, 0.5) is 5.82 Å². The largest absolute Gasteiger partial charge is 0.504 e. The van der Waals surface area contributed by atoms with Gasteiger partial charge in [0.15, 0.2) is 23.4 Å². The Labute approximate surface area is 203 Å². The van der Waals surface area contributed by atoms with E-state index >= 15 is 0 Å². The van der Waals surface area contributed by atoms with Crippen LogP contribution in [0.2, 0.25) is 0 Å². The van der Waals surface area contributed by atoms with Gasteiger partial charge in [0.2, 0.25) is 5.91 Å². The number of phenolic OH excluding ortho intramolecular Hbond substituents is 1. The number of aliphatic hydroxyl groups is 1. The predicted octanol–water partition coefficient (Wildman–Crippen LogP) is 2.09. The molecule has 1 aromatic carbocycles. The second-order valence-corrected chi connectivity index (χ2v) is 11.1. The van der Waals surface area contributed by atoms with Gasteiger partial charge < -0.3 is 20.3 Å². The number of carbonyl (C=O) groups excluding carboxylic acids is 2. The summed E-state index contributed by atoms with van der Waals surface area (Å²) >= 11 is 0. The molecule has 2 aromatic rings. The fraction of sp³-hybridized carbons (Fsp3) is 0.519. The number of amides is 1. The number of carbonyl (C=O) groups is 2. The number of nitrogens with zero attached hydrogens (tertiary/aromatic N) is 2. The van der Waals surface area contributed by atoms with Crippen LogP contribution in [0.1, 0.15) is 42.4 Å². The summed E-state index contributed by atoms with van der Waals surface area (Å²) < 4.78 is 6.19. The fourth-order valence-corrected chi connectivity index (χ4v) is 7.34. The molecule has 2 saturated carbocycles. The van der Waals surface area contributed by atoms with Crippen LogP contribution in [0.15, 0.2) is 30.5 Å². The summed E-state index contributed by atoms with van der Waals surface area (Å²) in [5, 5.41) is 26.0. The van der Waals surface area contributed by atoms with Crippen LogP contribution in [0.25, 0.3) is 0 Å². The number of benzene rings is 1. The van der Waals surface area contributed by atoms with E-state index in [0.717, 1.165) is 29.8 Å². The molecule has 0 radical (unpaired) electrons. The molecular weight excluding hydrogens is 446 g/mol. The van der Waals surface area contributed by atoms with Gasteiger partial charge in [-0.15, -0.1) is 0 Å². The van der Waals surface area contributed by atoms with Gasteiger partial charge in [0.05, 0.1) is 11.0 Å². The number of likely N-dealkylation sites (tertiary alicyclic amines) is 1. The molecular formula is C27H29N3O5. The number of nitrogens with one attached hydrogen (secondary N) is 1. The van der Waals surface area contributed by atoms with E-state index in [1.807, 2.05) is 19.1 Å². The third kappa shape index (κ3) is 2.78. The molecule has 1 unspecified atom stereocenters. The summed E-state index contributed by atoms with van der Waals surface area (Å²) in [6, 6.07) is 6.89. The van der Waals surface area contributed by atoms with E-state index in [-0.39, 0.29) is 24.0 Å². The van der Waals surface area contributed by atoms with Crippen molar-refractivity contribution in [2.75, 3.05) is 18.4 Å². The van der Waals surface area contributed by atoms with Crippen LogP contribution in [-0.4, -0.2) is 62.6 Å². The highest BCUT2D eigenvalue weighted by Crippen LogP contribution is 2.65. The van der Waals surface area contributed by atoms with Crippen molar-refractivity contribution >= 4 is 17.5 Å². The molecule has 8 nitrogen and oxygen atoms in total. The molecule has 3 N–H and O–H groups in total. The van der Waals surface area contributed by atoms with Crippen molar-refractivity contribution in [2.24, 2.45) is 11.8 Å². The molecule has 3 fully saturated rings. The van der Waals surface area contributed by atoms with Crippen molar-refractivity contribution in [3.8, 4) is 11.5 Å². The van der Waals surface area contributed by atoms with Crippen molar-refractivity contribution in [3.63, 3.8) is 0 Å². The lowest BCUT2D eigenvalue weighted by molar-refractivity contribution is -0.197. The van der Waals surface area contributed by atoms with Crippen molar-refractivity contribution in [3.05, 3.63) is 47.2 Å². The lowest BCUT2D eigenvalue weighted by Crippen LogP contribution is -2.78. The summed E-state index contributed by atoms with van der Waals surface area (Å²) in [5.74, 6) is -0.569. The number of aromatic nitrogens is 1. The number of hydrogen-bond acceptors (Lipinski definition) is 7. The van der Waals surface area contributed by atoms with Gasteiger partial charge in [0.25, 0.3) is 0 Å². The average Bonchev–Trinajstić information content (AvgIpc) is 3.56. The van der Waals surface area contributed by atoms with Crippen molar-refractivity contribution < 1.29 is 24.5 Å². The maximum Gasteiger partial charge on any atom is 0.236 e. The molecule has 5 atom stereocenters. The number of anilines is 1. The molecule has 8 heteroatoms. The quantitative estimate of drug-likeness (QED) is 0.581. The number of ketones is 1. The van der Waals surface area contributed by atoms with Crippen molar-refractivity contribution in [1.29, 1.82) is 0 Å². The van der Waals surface area contributed by atoms with Crippen LogP contribution in [-0.2, 0) is 21.4 Å². The van der Waals surface area contributed by atoms with Gasteiger partial charge in [-0.2, -0.15) is 0 Å². The van der Waals surface area contributed by atoms with Crippen LogP contribution in [0.3, 0.4) is 0 Å². The second-order valence-electron chi connectivity index (χ2n) is 11.1. The normalized spacial score (nSPS) is 34.8. The van der Waals surface area contributed by atoms with Crippen molar-refractivity contribution in [1.82, 2.24) is 9.88 Å². The summed E-state index contributed by atoms with van der Waals surface area (Å²) in [4.78, 5) is 33.9. The van der Waals surface area contributed by atoms with Gasteiger partial charge in [0.1, 0.15) is 11.7 Å². The Kier molecular flexibility index (Phi) is 4.29. The molecule has 3 aliphatic carbocycles. The number of pyridine rings is 1. The van der Waals surface area contributed by atoms with Gasteiger partial charge in [-0.3, -0.25) is 14.5 Å². The third-order valence-electron chi connectivity index (χ3n) is 9.11. The van der Waals surface area contributed by atoms with Crippen LogP contribution >= 0.6 is 0 Å². The highest BCUT2D eigenvalue weighted by molar-refractivity contribution is 6.10. The molecule has 7 rings (SSSR count). The standard InChI is InChI=1S/C27H29N3O5/c1-14-6-8-28-20(10-14)29-25(33)17-12-27(34)19-11-16-4-5-18(31)23-21(16)26(27,24(35-23)22(17)32)7-9-30(19)13-15-2-3-15/h4-6,8,10,15,17,19,24,31,34H,2-3,7,9,11-13H2,1H3,(H,28,29,33)/t17?,19-,24+,26+,27-/m1/s1. The zero-order valence-electron chi connectivity index (χ0n) is 19.7. The summed E-state index contributed by atoms with van der Waals surface area (Å²) in [7, 11) is 0. The lowest BCUT2D eigenvalue weighted by Gasteiger charge is -2.63. The summed E-state index contributed by atoms with van der Waals surface area (Å²) in [6.45, 7) is 3.59. The van der Waals surface area contributed by atoms with Gasteiger partial charge in [-0.25, -0.2) is 4.98 Å². The Morgan fingerprint density at radius 3 is 2.91 bits per heavy atom. The first-order valence-corrected chi connectivity index (χ1v) is 12.6. The Balaban J connectivity index is 1.32. The Bertz CT molecular complexity index is 1280. The van der Waals surface area contributed by atoms with E-state index in [2.05, 4.69) is 15.2 Å². The maximum absolute atomic E-state index is 13.9. The number of Topliss-reactive ketones (excluding diaryl/α,β-unsaturated/α-hetero) is 1. The molecule has 1 aromatic heterocycles.